The van der Waals surface area contributed by atoms with Crippen molar-refractivity contribution in [3.05, 3.63) is 176 Å². The van der Waals surface area contributed by atoms with Gasteiger partial charge in [-0.05, 0) is 61.2 Å². The van der Waals surface area contributed by atoms with Crippen LogP contribution in [0.4, 0.5) is 0 Å². The van der Waals surface area contributed by atoms with E-state index < -0.39 is 0 Å². The molecule has 0 unspecified atom stereocenters. The van der Waals surface area contributed by atoms with Crippen LogP contribution in [0.1, 0.15) is 0 Å². The van der Waals surface area contributed by atoms with Crippen molar-refractivity contribution in [2.45, 2.75) is 0 Å². The molecule has 1 aliphatic rings. The van der Waals surface area contributed by atoms with E-state index in [1.54, 1.807) is 0 Å². The minimum Gasteiger partial charge on any atom is -0.263 e. The van der Waals surface area contributed by atoms with Crippen LogP contribution in [0, 0.1) is 0 Å². The summed E-state index contributed by atoms with van der Waals surface area (Å²) >= 11 is 0. The first-order chi connectivity index (χ1) is 24.8. The van der Waals surface area contributed by atoms with Crippen LogP contribution in [0.15, 0.2) is 176 Å². The molecular formula is C47H29N3. The number of nitrogens with zero attached hydrogens (tertiary/aromatic N) is 3. The predicted octanol–water partition coefficient (Wildman–Crippen LogP) is 12.2. The van der Waals surface area contributed by atoms with Crippen molar-refractivity contribution in [1.82, 2.24) is 15.0 Å². The largest absolute Gasteiger partial charge is 0.263 e. The van der Waals surface area contributed by atoms with Gasteiger partial charge in [-0.25, -0.2) is 9.97 Å². The van der Waals surface area contributed by atoms with Gasteiger partial charge in [0.15, 0.2) is 5.82 Å². The second kappa shape index (κ2) is 11.5. The Morgan fingerprint density at radius 3 is 1.62 bits per heavy atom. The number of fused-ring (bicyclic) bond motifs is 4. The fourth-order valence-electron chi connectivity index (χ4n) is 7.51. The molecule has 0 radical (unpaired) electrons. The number of hydrogen-bond acceptors (Lipinski definition) is 3. The molecule has 1 aliphatic carbocycles. The van der Waals surface area contributed by atoms with Gasteiger partial charge in [0.1, 0.15) is 0 Å². The van der Waals surface area contributed by atoms with E-state index in [2.05, 4.69) is 157 Å². The highest BCUT2D eigenvalue weighted by Gasteiger charge is 2.22. The average molecular weight is 636 g/mol. The van der Waals surface area contributed by atoms with Crippen LogP contribution in [0.5, 0.6) is 0 Å². The predicted molar refractivity (Wildman–Crippen MR) is 206 cm³/mol. The SMILES string of the molecule is c1ccc(-c2cc(-c3ccc(-c4ccc5c6c(cccc46)-c4ccccc4-5)cc3)nc(-c3ccc(-c4cncc5ccccc45)cc3)n2)cc1. The highest BCUT2D eigenvalue weighted by Crippen LogP contribution is 2.49. The van der Waals surface area contributed by atoms with E-state index in [1.165, 1.54) is 49.5 Å². The highest BCUT2D eigenvalue weighted by molar-refractivity contribution is 6.18. The summed E-state index contributed by atoms with van der Waals surface area (Å²) in [5, 5.41) is 4.93. The Balaban J connectivity index is 1.04. The number of pyridine rings is 1. The van der Waals surface area contributed by atoms with E-state index in [4.69, 9.17) is 9.97 Å². The molecule has 0 saturated carbocycles. The maximum Gasteiger partial charge on any atom is 0.160 e. The molecule has 0 N–H and O–H groups in total. The molecular weight excluding hydrogens is 607 g/mol. The smallest absolute Gasteiger partial charge is 0.160 e. The number of hydrogen-bond donors (Lipinski definition) is 0. The number of aromatic nitrogens is 3. The van der Waals surface area contributed by atoms with Crippen LogP contribution >= 0.6 is 0 Å². The van der Waals surface area contributed by atoms with E-state index in [-0.39, 0.29) is 0 Å². The Kier molecular flexibility index (Phi) is 6.49. The quantitative estimate of drug-likeness (QED) is 0.189. The summed E-state index contributed by atoms with van der Waals surface area (Å²) in [6.07, 6.45) is 3.85. The van der Waals surface area contributed by atoms with Crippen LogP contribution in [-0.2, 0) is 0 Å². The molecule has 3 nitrogen and oxygen atoms in total. The zero-order chi connectivity index (χ0) is 33.0. The molecule has 2 heterocycles. The van der Waals surface area contributed by atoms with Gasteiger partial charge in [0, 0.05) is 40.0 Å². The van der Waals surface area contributed by atoms with Gasteiger partial charge in [0.2, 0.25) is 0 Å². The molecule has 232 valence electrons. The fourth-order valence-corrected chi connectivity index (χ4v) is 7.51. The Morgan fingerprint density at radius 1 is 0.320 bits per heavy atom. The second-order valence-electron chi connectivity index (χ2n) is 12.8. The average Bonchev–Trinajstić information content (AvgIpc) is 3.53. The third-order valence-electron chi connectivity index (χ3n) is 9.96. The molecule has 9 aromatic rings. The zero-order valence-electron chi connectivity index (χ0n) is 27.1. The Hall–Kier alpha value is -6.71. The lowest BCUT2D eigenvalue weighted by Crippen LogP contribution is -1.96. The van der Waals surface area contributed by atoms with E-state index in [0.29, 0.717) is 5.82 Å². The van der Waals surface area contributed by atoms with Gasteiger partial charge < -0.3 is 0 Å². The summed E-state index contributed by atoms with van der Waals surface area (Å²) in [6.45, 7) is 0. The molecule has 3 heteroatoms. The monoisotopic (exact) mass is 635 g/mol. The van der Waals surface area contributed by atoms with Gasteiger partial charge >= 0.3 is 0 Å². The first-order valence-electron chi connectivity index (χ1n) is 16.9. The summed E-state index contributed by atoms with van der Waals surface area (Å²) in [4.78, 5) is 14.7. The van der Waals surface area contributed by atoms with Crippen molar-refractivity contribution in [1.29, 1.82) is 0 Å². The molecule has 0 atom stereocenters. The van der Waals surface area contributed by atoms with E-state index in [0.717, 1.165) is 44.6 Å². The normalized spacial score (nSPS) is 11.6. The molecule has 0 spiro atoms. The molecule has 2 aromatic heterocycles. The second-order valence-corrected chi connectivity index (χ2v) is 12.8. The summed E-state index contributed by atoms with van der Waals surface area (Å²) in [6, 6.07) is 58.1. The lowest BCUT2D eigenvalue weighted by atomic mass is 9.93. The van der Waals surface area contributed by atoms with E-state index >= 15 is 0 Å². The van der Waals surface area contributed by atoms with Gasteiger partial charge in [-0.2, -0.15) is 0 Å². The summed E-state index contributed by atoms with van der Waals surface area (Å²) in [5.41, 5.74) is 14.8. The maximum atomic E-state index is 5.14. The fraction of sp³-hybridized carbons (Fsp3) is 0. The number of benzene rings is 7. The zero-order valence-corrected chi connectivity index (χ0v) is 27.1. The molecule has 0 amide bonds. The third kappa shape index (κ3) is 4.63. The van der Waals surface area contributed by atoms with E-state index in [9.17, 15) is 0 Å². The van der Waals surface area contributed by atoms with Gasteiger partial charge in [-0.15, -0.1) is 0 Å². The van der Waals surface area contributed by atoms with Crippen molar-refractivity contribution in [3.63, 3.8) is 0 Å². The Labute approximate surface area is 290 Å². The molecule has 10 rings (SSSR count). The third-order valence-corrected chi connectivity index (χ3v) is 9.96. The van der Waals surface area contributed by atoms with Crippen LogP contribution in [-0.4, -0.2) is 15.0 Å². The lowest BCUT2D eigenvalue weighted by Gasteiger charge is -2.12. The summed E-state index contributed by atoms with van der Waals surface area (Å²) < 4.78 is 0. The van der Waals surface area contributed by atoms with Crippen LogP contribution in [0.3, 0.4) is 0 Å². The Morgan fingerprint density at radius 2 is 0.860 bits per heavy atom. The van der Waals surface area contributed by atoms with E-state index in [1.807, 2.05) is 24.5 Å². The molecule has 7 aromatic carbocycles. The van der Waals surface area contributed by atoms with Gasteiger partial charge in [-0.1, -0.05) is 158 Å². The highest BCUT2D eigenvalue weighted by atomic mass is 14.9. The number of rotatable bonds is 5. The minimum atomic E-state index is 0.695. The lowest BCUT2D eigenvalue weighted by molar-refractivity contribution is 1.18. The van der Waals surface area contributed by atoms with Gasteiger partial charge in [-0.3, -0.25) is 4.98 Å². The van der Waals surface area contributed by atoms with Crippen LogP contribution in [0.2, 0.25) is 0 Å². The summed E-state index contributed by atoms with van der Waals surface area (Å²) in [7, 11) is 0. The van der Waals surface area contributed by atoms with Crippen molar-refractivity contribution < 1.29 is 0 Å². The molecule has 0 saturated heterocycles. The topological polar surface area (TPSA) is 38.7 Å². The van der Waals surface area contributed by atoms with Crippen molar-refractivity contribution >= 4 is 21.5 Å². The van der Waals surface area contributed by atoms with Crippen LogP contribution in [0.25, 0.3) is 100.0 Å². The maximum absolute atomic E-state index is 5.14. The van der Waals surface area contributed by atoms with Crippen LogP contribution < -0.4 is 0 Å². The first-order valence-corrected chi connectivity index (χ1v) is 16.9. The van der Waals surface area contributed by atoms with Gasteiger partial charge in [0.25, 0.3) is 0 Å². The standard InChI is InChI=1S/C47H29N3/c1-2-9-32(10-3-1)44-27-45(50-47(49-44)34-23-19-31(20-24-34)43-29-48-28-35-11-4-5-12-36(35)43)33-21-17-30(18-22-33)37-25-26-42-39-14-7-6-13-38(39)41-16-8-15-40(37)46(41)42/h1-29H. The molecule has 0 bridgehead atoms. The molecule has 0 fully saturated rings. The first kappa shape index (κ1) is 28.3. The van der Waals surface area contributed by atoms with Crippen molar-refractivity contribution in [3.8, 4) is 78.4 Å². The molecule has 50 heavy (non-hydrogen) atoms. The van der Waals surface area contributed by atoms with Gasteiger partial charge in [0.05, 0.1) is 11.4 Å². The summed E-state index contributed by atoms with van der Waals surface area (Å²) in [5.74, 6) is 0.695. The minimum absolute atomic E-state index is 0.695. The van der Waals surface area contributed by atoms with Crippen molar-refractivity contribution in [2.75, 3.05) is 0 Å². The Bertz CT molecular complexity index is 2700. The molecule has 0 aliphatic heterocycles. The van der Waals surface area contributed by atoms with Crippen molar-refractivity contribution in [2.24, 2.45) is 0 Å².